The van der Waals surface area contributed by atoms with Gasteiger partial charge in [0.2, 0.25) is 0 Å². The average Bonchev–Trinajstić information content (AvgIpc) is 2.81. The number of hydrogen-bond acceptors (Lipinski definition) is 4. The second-order valence-corrected chi connectivity index (χ2v) is 9.39. The molecular formula is C29H34N2O2. The second-order valence-electron chi connectivity index (χ2n) is 9.39. The van der Waals surface area contributed by atoms with Crippen molar-refractivity contribution in [2.75, 3.05) is 18.6 Å². The molecule has 0 aliphatic carbocycles. The number of aliphatic imine (C=N–C) groups is 1. The van der Waals surface area contributed by atoms with E-state index in [4.69, 9.17) is 14.5 Å². The number of methoxy groups -OCH3 is 1. The number of rotatable bonds is 7. The molecule has 1 atom stereocenters. The summed E-state index contributed by atoms with van der Waals surface area (Å²) in [5, 5.41) is 0. The standard InChI is InChI=1S/C29H34N2O2/c1-6-17-31-26-16-11-22(18-25(26)21(2)19-29(31,3)4)20-30-23-12-14-24(15-13-23)33-28-10-8-7-9-27(28)32-5/h7-16,18,20-21H,6,17,19H2,1-5H3. The van der Waals surface area contributed by atoms with E-state index in [1.165, 1.54) is 11.3 Å². The van der Waals surface area contributed by atoms with Crippen molar-refractivity contribution >= 4 is 17.6 Å². The SMILES string of the molecule is CCCN1c2ccc(C=Nc3ccc(Oc4ccccc4OC)cc3)cc2C(C)CC1(C)C. The van der Waals surface area contributed by atoms with E-state index in [1.54, 1.807) is 7.11 Å². The molecule has 0 bridgehead atoms. The summed E-state index contributed by atoms with van der Waals surface area (Å²) in [7, 11) is 1.64. The quantitative estimate of drug-likeness (QED) is 0.351. The molecule has 0 spiro atoms. The van der Waals surface area contributed by atoms with Gasteiger partial charge in [-0.3, -0.25) is 4.99 Å². The van der Waals surface area contributed by atoms with Crippen molar-refractivity contribution in [3.05, 3.63) is 77.9 Å². The third-order valence-corrected chi connectivity index (χ3v) is 6.35. The lowest BCUT2D eigenvalue weighted by molar-refractivity contribution is 0.376. The monoisotopic (exact) mass is 442 g/mol. The van der Waals surface area contributed by atoms with Crippen LogP contribution in [-0.2, 0) is 0 Å². The second kappa shape index (κ2) is 9.70. The third-order valence-electron chi connectivity index (χ3n) is 6.35. The van der Waals surface area contributed by atoms with Crippen molar-refractivity contribution in [3.63, 3.8) is 0 Å². The zero-order chi connectivity index (χ0) is 23.4. The smallest absolute Gasteiger partial charge is 0.169 e. The number of benzene rings is 3. The van der Waals surface area contributed by atoms with Crippen LogP contribution in [0.4, 0.5) is 11.4 Å². The maximum atomic E-state index is 5.96. The molecule has 4 nitrogen and oxygen atoms in total. The van der Waals surface area contributed by atoms with Gasteiger partial charge in [0, 0.05) is 24.0 Å². The van der Waals surface area contributed by atoms with Gasteiger partial charge in [0.1, 0.15) is 5.75 Å². The molecule has 3 aromatic rings. The van der Waals surface area contributed by atoms with Gasteiger partial charge in [0.15, 0.2) is 11.5 Å². The molecule has 1 unspecified atom stereocenters. The zero-order valence-electron chi connectivity index (χ0n) is 20.3. The minimum atomic E-state index is 0.186. The van der Waals surface area contributed by atoms with E-state index in [-0.39, 0.29) is 5.54 Å². The first-order valence-corrected chi connectivity index (χ1v) is 11.8. The van der Waals surface area contributed by atoms with Gasteiger partial charge in [-0.2, -0.15) is 0 Å². The Hall–Kier alpha value is -3.27. The van der Waals surface area contributed by atoms with Gasteiger partial charge in [-0.15, -0.1) is 0 Å². The number of para-hydroxylation sites is 2. The number of anilines is 1. The molecule has 3 aromatic carbocycles. The lowest BCUT2D eigenvalue weighted by Crippen LogP contribution is -2.48. The Morgan fingerprint density at radius 1 is 1.03 bits per heavy atom. The Morgan fingerprint density at radius 3 is 2.45 bits per heavy atom. The topological polar surface area (TPSA) is 34.1 Å². The van der Waals surface area contributed by atoms with E-state index >= 15 is 0 Å². The fourth-order valence-electron chi connectivity index (χ4n) is 4.82. The van der Waals surface area contributed by atoms with E-state index in [0.717, 1.165) is 36.4 Å². The lowest BCUT2D eigenvalue weighted by Gasteiger charge is -2.47. The van der Waals surface area contributed by atoms with Gasteiger partial charge in [-0.1, -0.05) is 32.0 Å². The maximum absolute atomic E-state index is 5.96. The van der Waals surface area contributed by atoms with E-state index in [1.807, 2.05) is 54.7 Å². The summed E-state index contributed by atoms with van der Waals surface area (Å²) in [5.74, 6) is 2.68. The highest BCUT2D eigenvalue weighted by atomic mass is 16.5. The fraction of sp³-hybridized carbons (Fsp3) is 0.345. The molecule has 0 saturated heterocycles. The van der Waals surface area contributed by atoms with E-state index in [2.05, 4.69) is 50.8 Å². The molecule has 1 aliphatic heterocycles. The van der Waals surface area contributed by atoms with Gasteiger partial charge < -0.3 is 14.4 Å². The molecule has 1 heterocycles. The summed E-state index contributed by atoms with van der Waals surface area (Å²) in [4.78, 5) is 7.27. The highest BCUT2D eigenvalue weighted by Gasteiger charge is 2.35. The van der Waals surface area contributed by atoms with Crippen molar-refractivity contribution < 1.29 is 9.47 Å². The van der Waals surface area contributed by atoms with E-state index < -0.39 is 0 Å². The largest absolute Gasteiger partial charge is 0.493 e. The van der Waals surface area contributed by atoms with Crippen molar-refractivity contribution in [2.45, 2.75) is 52.0 Å². The van der Waals surface area contributed by atoms with Crippen LogP contribution in [0.2, 0.25) is 0 Å². The summed E-state index contributed by atoms with van der Waals surface area (Å²) in [5.41, 5.74) is 5.00. The van der Waals surface area contributed by atoms with Crippen molar-refractivity contribution in [1.29, 1.82) is 0 Å². The van der Waals surface area contributed by atoms with Gasteiger partial charge in [-0.25, -0.2) is 0 Å². The summed E-state index contributed by atoms with van der Waals surface area (Å²) >= 11 is 0. The third kappa shape index (κ3) is 5.05. The molecule has 0 N–H and O–H groups in total. The summed E-state index contributed by atoms with van der Waals surface area (Å²) in [6.45, 7) is 10.4. The number of fused-ring (bicyclic) bond motifs is 1. The van der Waals surface area contributed by atoms with Crippen LogP contribution in [0.3, 0.4) is 0 Å². The van der Waals surface area contributed by atoms with Crippen LogP contribution >= 0.6 is 0 Å². The van der Waals surface area contributed by atoms with Gasteiger partial charge in [0.05, 0.1) is 12.8 Å². The highest BCUT2D eigenvalue weighted by Crippen LogP contribution is 2.43. The first-order chi connectivity index (χ1) is 15.9. The molecule has 1 aliphatic rings. The molecule has 4 heteroatoms. The zero-order valence-corrected chi connectivity index (χ0v) is 20.3. The molecule has 0 aromatic heterocycles. The predicted octanol–water partition coefficient (Wildman–Crippen LogP) is 7.74. The Bertz CT molecular complexity index is 1120. The van der Waals surface area contributed by atoms with Crippen LogP contribution in [0.1, 0.15) is 57.6 Å². The Labute approximate surface area is 197 Å². The van der Waals surface area contributed by atoms with Gasteiger partial charge in [-0.05, 0) is 92.3 Å². The normalized spacial score (nSPS) is 17.1. The summed E-state index contributed by atoms with van der Waals surface area (Å²) in [6.07, 6.45) is 4.26. The minimum absolute atomic E-state index is 0.186. The van der Waals surface area contributed by atoms with Crippen LogP contribution in [-0.4, -0.2) is 25.4 Å². The lowest BCUT2D eigenvalue weighted by atomic mass is 9.79. The minimum Gasteiger partial charge on any atom is -0.493 e. The predicted molar refractivity (Wildman–Crippen MR) is 138 cm³/mol. The highest BCUT2D eigenvalue weighted by molar-refractivity contribution is 5.83. The Kier molecular flexibility index (Phi) is 6.73. The summed E-state index contributed by atoms with van der Waals surface area (Å²) in [6, 6.07) is 22.2. The van der Waals surface area contributed by atoms with Crippen molar-refractivity contribution in [2.24, 2.45) is 4.99 Å². The molecule has 0 fully saturated rings. The van der Waals surface area contributed by atoms with E-state index in [9.17, 15) is 0 Å². The van der Waals surface area contributed by atoms with Gasteiger partial charge >= 0.3 is 0 Å². The maximum Gasteiger partial charge on any atom is 0.169 e. The molecule has 0 radical (unpaired) electrons. The molecule has 0 saturated carbocycles. The van der Waals surface area contributed by atoms with Crippen LogP contribution in [0.15, 0.2) is 71.7 Å². The molecule has 33 heavy (non-hydrogen) atoms. The first-order valence-electron chi connectivity index (χ1n) is 11.8. The molecule has 0 amide bonds. The van der Waals surface area contributed by atoms with Crippen LogP contribution < -0.4 is 14.4 Å². The van der Waals surface area contributed by atoms with Crippen molar-refractivity contribution in [1.82, 2.24) is 0 Å². The Balaban J connectivity index is 1.50. The number of ether oxygens (including phenoxy) is 2. The first kappa shape index (κ1) is 22.9. The van der Waals surface area contributed by atoms with Crippen LogP contribution in [0.25, 0.3) is 0 Å². The molecule has 172 valence electrons. The average molecular weight is 443 g/mol. The summed E-state index contributed by atoms with van der Waals surface area (Å²) < 4.78 is 11.3. The van der Waals surface area contributed by atoms with Gasteiger partial charge in [0.25, 0.3) is 0 Å². The van der Waals surface area contributed by atoms with Crippen molar-refractivity contribution in [3.8, 4) is 17.2 Å². The van der Waals surface area contributed by atoms with Crippen LogP contribution in [0.5, 0.6) is 17.2 Å². The number of nitrogens with zero attached hydrogens (tertiary/aromatic N) is 2. The van der Waals surface area contributed by atoms with Crippen LogP contribution in [0, 0.1) is 0 Å². The fourth-order valence-corrected chi connectivity index (χ4v) is 4.82. The van der Waals surface area contributed by atoms with E-state index in [0.29, 0.717) is 17.4 Å². The molecular weight excluding hydrogens is 408 g/mol. The molecule has 4 rings (SSSR count). The Morgan fingerprint density at radius 2 is 1.76 bits per heavy atom. The number of hydrogen-bond donors (Lipinski definition) is 0.